The van der Waals surface area contributed by atoms with Gasteiger partial charge in [-0.2, -0.15) is 0 Å². The Kier molecular flexibility index (Phi) is 4.92. The Labute approximate surface area is 107 Å². The number of carbonyl (C=O) groups is 2. The number of nitrogens with one attached hydrogen (secondary N) is 2. The van der Waals surface area contributed by atoms with E-state index in [0.29, 0.717) is 0 Å². The lowest BCUT2D eigenvalue weighted by molar-refractivity contribution is -0.384. The summed E-state index contributed by atoms with van der Waals surface area (Å²) in [6.07, 6.45) is 0. The quantitative estimate of drug-likeness (QED) is 0.225. The van der Waals surface area contributed by atoms with Crippen molar-refractivity contribution in [3.8, 4) is 0 Å². The van der Waals surface area contributed by atoms with Crippen LogP contribution in [0.4, 0.5) is 5.69 Å². The molecule has 2 amide bonds. The molecule has 19 heavy (non-hydrogen) atoms. The van der Waals surface area contributed by atoms with Crippen LogP contribution in [0.2, 0.25) is 0 Å². The van der Waals surface area contributed by atoms with Crippen molar-refractivity contribution in [3.05, 3.63) is 39.9 Å². The van der Waals surface area contributed by atoms with E-state index >= 15 is 0 Å². The summed E-state index contributed by atoms with van der Waals surface area (Å²) in [5, 5.41) is 21.7. The predicted molar refractivity (Wildman–Crippen MR) is 63.8 cm³/mol. The molecule has 1 atom stereocenters. The maximum atomic E-state index is 11.7. The van der Waals surface area contributed by atoms with Crippen molar-refractivity contribution < 1.29 is 19.6 Å². The van der Waals surface area contributed by atoms with Crippen LogP contribution < -0.4 is 16.6 Å². The first kappa shape index (κ1) is 14.5. The van der Waals surface area contributed by atoms with Gasteiger partial charge in [-0.15, -0.1) is 0 Å². The average Bonchev–Trinajstić information content (AvgIpc) is 2.43. The van der Waals surface area contributed by atoms with Crippen LogP contribution >= 0.6 is 0 Å². The first-order chi connectivity index (χ1) is 8.99. The van der Waals surface area contributed by atoms with Gasteiger partial charge in [0.05, 0.1) is 11.5 Å². The second-order valence-corrected chi connectivity index (χ2v) is 3.52. The third-order valence-corrected chi connectivity index (χ3v) is 2.27. The molecule has 0 heterocycles. The Hall–Kier alpha value is -2.52. The molecule has 0 aliphatic heterocycles. The number of hydrogen-bond donors (Lipinski definition) is 4. The second kappa shape index (κ2) is 6.42. The number of hydrazine groups is 1. The van der Waals surface area contributed by atoms with Crippen molar-refractivity contribution in [1.82, 2.24) is 10.7 Å². The number of non-ortho nitro benzene ring substituents is 1. The number of nitrogens with zero attached hydrogens (tertiary/aromatic N) is 1. The van der Waals surface area contributed by atoms with Gasteiger partial charge in [0, 0.05) is 17.7 Å². The summed E-state index contributed by atoms with van der Waals surface area (Å²) in [5.74, 6) is 3.37. The molecule has 0 aliphatic rings. The zero-order valence-corrected chi connectivity index (χ0v) is 9.70. The van der Waals surface area contributed by atoms with Crippen LogP contribution in [0.5, 0.6) is 0 Å². The lowest BCUT2D eigenvalue weighted by Crippen LogP contribution is -2.50. The van der Waals surface area contributed by atoms with Crippen LogP contribution in [0.1, 0.15) is 10.4 Å². The Balaban J connectivity index is 2.85. The van der Waals surface area contributed by atoms with Crippen molar-refractivity contribution >= 4 is 17.5 Å². The molecule has 9 nitrogen and oxygen atoms in total. The molecule has 0 aliphatic carbocycles. The summed E-state index contributed by atoms with van der Waals surface area (Å²) in [4.78, 5) is 32.8. The molecular formula is C10H12N4O5. The summed E-state index contributed by atoms with van der Waals surface area (Å²) in [7, 11) is 0. The van der Waals surface area contributed by atoms with Crippen molar-refractivity contribution in [1.29, 1.82) is 0 Å². The molecule has 0 unspecified atom stereocenters. The summed E-state index contributed by atoms with van der Waals surface area (Å²) in [5.41, 5.74) is 1.52. The number of nitro groups is 1. The molecule has 0 aromatic heterocycles. The highest BCUT2D eigenvalue weighted by atomic mass is 16.6. The van der Waals surface area contributed by atoms with Gasteiger partial charge in [0.2, 0.25) is 0 Å². The molecule has 1 rings (SSSR count). The topological polar surface area (TPSA) is 148 Å². The second-order valence-electron chi connectivity index (χ2n) is 3.52. The molecule has 0 saturated carbocycles. The van der Waals surface area contributed by atoms with Gasteiger partial charge in [-0.25, -0.2) is 5.84 Å². The van der Waals surface area contributed by atoms with E-state index < -0.39 is 29.4 Å². The molecule has 1 aromatic carbocycles. The fraction of sp³-hybridized carbons (Fsp3) is 0.200. The standard InChI is InChI=1S/C10H12N4O5/c11-13-10(17)8(5-15)12-9(16)6-2-1-3-7(4-6)14(18)19/h1-4,8,15H,5,11H2,(H,12,16)(H,13,17)/t8-/m0/s1. The van der Waals surface area contributed by atoms with Gasteiger partial charge in [-0.1, -0.05) is 6.07 Å². The molecule has 0 spiro atoms. The van der Waals surface area contributed by atoms with Gasteiger partial charge in [0.25, 0.3) is 17.5 Å². The monoisotopic (exact) mass is 268 g/mol. The van der Waals surface area contributed by atoms with Crippen LogP contribution in [0.25, 0.3) is 0 Å². The Morgan fingerprint density at radius 1 is 1.47 bits per heavy atom. The summed E-state index contributed by atoms with van der Waals surface area (Å²) < 4.78 is 0. The molecule has 1 aromatic rings. The number of amides is 2. The smallest absolute Gasteiger partial charge is 0.270 e. The number of aliphatic hydroxyl groups excluding tert-OH is 1. The minimum absolute atomic E-state index is 0.00234. The zero-order valence-electron chi connectivity index (χ0n) is 9.70. The van der Waals surface area contributed by atoms with E-state index in [1.54, 1.807) is 5.43 Å². The van der Waals surface area contributed by atoms with E-state index in [2.05, 4.69) is 5.32 Å². The van der Waals surface area contributed by atoms with Gasteiger partial charge >= 0.3 is 0 Å². The third kappa shape index (κ3) is 3.72. The SMILES string of the molecule is NNC(=O)[C@H](CO)NC(=O)c1cccc([N+](=O)[O-])c1. The predicted octanol–water partition coefficient (Wildman–Crippen LogP) is -1.32. The Morgan fingerprint density at radius 2 is 2.16 bits per heavy atom. The van der Waals surface area contributed by atoms with Gasteiger partial charge in [0.1, 0.15) is 6.04 Å². The summed E-state index contributed by atoms with van der Waals surface area (Å²) in [6, 6.07) is 3.75. The molecule has 0 radical (unpaired) electrons. The summed E-state index contributed by atoms with van der Waals surface area (Å²) >= 11 is 0. The fourth-order valence-electron chi connectivity index (χ4n) is 1.30. The number of benzene rings is 1. The van der Waals surface area contributed by atoms with Gasteiger partial charge in [-0.3, -0.25) is 25.1 Å². The molecule has 0 fully saturated rings. The van der Waals surface area contributed by atoms with E-state index in [1.807, 2.05) is 0 Å². The highest BCUT2D eigenvalue weighted by Gasteiger charge is 2.20. The molecule has 9 heteroatoms. The average molecular weight is 268 g/mol. The number of rotatable bonds is 5. The van der Waals surface area contributed by atoms with E-state index in [-0.39, 0.29) is 11.3 Å². The van der Waals surface area contributed by atoms with Crippen molar-refractivity contribution in [2.75, 3.05) is 6.61 Å². The highest BCUT2D eigenvalue weighted by molar-refractivity contribution is 5.97. The third-order valence-electron chi connectivity index (χ3n) is 2.27. The first-order valence-electron chi connectivity index (χ1n) is 5.16. The molecule has 5 N–H and O–H groups in total. The van der Waals surface area contributed by atoms with Crippen molar-refractivity contribution in [3.63, 3.8) is 0 Å². The molecule has 102 valence electrons. The number of aliphatic hydroxyl groups is 1. The maximum absolute atomic E-state index is 11.7. The van der Waals surface area contributed by atoms with Crippen LogP contribution in [-0.2, 0) is 4.79 Å². The van der Waals surface area contributed by atoms with Crippen LogP contribution in [0, 0.1) is 10.1 Å². The van der Waals surface area contributed by atoms with E-state index in [1.165, 1.54) is 18.2 Å². The normalized spacial score (nSPS) is 11.5. The Bertz CT molecular complexity index is 504. The van der Waals surface area contributed by atoms with E-state index in [9.17, 15) is 19.7 Å². The number of hydrogen-bond acceptors (Lipinski definition) is 6. The molecular weight excluding hydrogens is 256 g/mol. The number of nitrogens with two attached hydrogens (primary N) is 1. The molecule has 0 bridgehead atoms. The van der Waals surface area contributed by atoms with Crippen molar-refractivity contribution in [2.45, 2.75) is 6.04 Å². The zero-order chi connectivity index (χ0) is 14.4. The number of nitro benzene ring substituents is 1. The first-order valence-corrected chi connectivity index (χ1v) is 5.16. The van der Waals surface area contributed by atoms with Gasteiger partial charge in [0.15, 0.2) is 0 Å². The van der Waals surface area contributed by atoms with Crippen LogP contribution in [0.3, 0.4) is 0 Å². The van der Waals surface area contributed by atoms with Crippen LogP contribution in [0.15, 0.2) is 24.3 Å². The lowest BCUT2D eigenvalue weighted by Gasteiger charge is -2.14. The Morgan fingerprint density at radius 3 is 2.68 bits per heavy atom. The maximum Gasteiger partial charge on any atom is 0.270 e. The van der Waals surface area contributed by atoms with E-state index in [0.717, 1.165) is 6.07 Å². The summed E-state index contributed by atoms with van der Waals surface area (Å²) in [6.45, 7) is -0.649. The van der Waals surface area contributed by atoms with Crippen LogP contribution in [-0.4, -0.2) is 34.5 Å². The highest BCUT2D eigenvalue weighted by Crippen LogP contribution is 2.12. The largest absolute Gasteiger partial charge is 0.394 e. The van der Waals surface area contributed by atoms with E-state index in [4.69, 9.17) is 10.9 Å². The minimum Gasteiger partial charge on any atom is -0.394 e. The van der Waals surface area contributed by atoms with Crippen molar-refractivity contribution in [2.24, 2.45) is 5.84 Å². The lowest BCUT2D eigenvalue weighted by atomic mass is 10.1. The number of carbonyl (C=O) groups excluding carboxylic acids is 2. The van der Waals surface area contributed by atoms with Gasteiger partial charge in [-0.05, 0) is 6.07 Å². The minimum atomic E-state index is -1.23. The molecule has 0 saturated heterocycles. The van der Waals surface area contributed by atoms with Gasteiger partial charge < -0.3 is 10.4 Å². The fourth-order valence-corrected chi connectivity index (χ4v) is 1.30.